The van der Waals surface area contributed by atoms with E-state index in [0.717, 1.165) is 24.0 Å². The average Bonchev–Trinajstić information content (AvgIpc) is 3.11. The number of aryl methyl sites for hydroxylation is 1. The van der Waals surface area contributed by atoms with Crippen LogP contribution in [0.4, 0.5) is 0 Å². The number of unbranched alkanes of at least 4 members (excludes halogenated alkanes) is 5. The van der Waals surface area contributed by atoms with E-state index >= 15 is 0 Å². The molecule has 0 atom stereocenters. The predicted molar refractivity (Wildman–Crippen MR) is 76.9 cm³/mol. The molecule has 2 rings (SSSR count). The lowest BCUT2D eigenvalue weighted by atomic mass is 10.1. The second kappa shape index (κ2) is 7.85. The van der Waals surface area contributed by atoms with Crippen molar-refractivity contribution in [2.45, 2.75) is 77.3 Å². The van der Waals surface area contributed by atoms with E-state index in [9.17, 15) is 0 Å². The van der Waals surface area contributed by atoms with Crippen LogP contribution in [-0.4, -0.2) is 16.2 Å². The van der Waals surface area contributed by atoms with E-state index in [4.69, 9.17) is 0 Å². The molecule has 0 unspecified atom stereocenters. The Morgan fingerprint density at radius 1 is 1.06 bits per heavy atom. The Kier molecular flexibility index (Phi) is 6.08. The Labute approximate surface area is 114 Å². The third kappa shape index (κ3) is 5.44. The van der Waals surface area contributed by atoms with E-state index in [1.165, 1.54) is 56.4 Å². The Balaban J connectivity index is 1.54. The Bertz CT molecular complexity index is 334. The van der Waals surface area contributed by atoms with Crippen LogP contribution in [0.2, 0.25) is 0 Å². The van der Waals surface area contributed by atoms with Gasteiger partial charge in [-0.05, 0) is 19.3 Å². The summed E-state index contributed by atoms with van der Waals surface area (Å²) in [4.78, 5) is 0. The van der Waals surface area contributed by atoms with Crippen LogP contribution in [-0.2, 0) is 13.0 Å². The van der Waals surface area contributed by atoms with E-state index in [-0.39, 0.29) is 0 Å². The van der Waals surface area contributed by atoms with E-state index in [1.54, 1.807) is 11.3 Å². The van der Waals surface area contributed by atoms with E-state index in [2.05, 4.69) is 22.4 Å². The van der Waals surface area contributed by atoms with Crippen LogP contribution in [0.3, 0.4) is 0 Å². The molecule has 4 heteroatoms. The second-order valence-corrected chi connectivity index (χ2v) is 6.41. The Morgan fingerprint density at radius 2 is 1.78 bits per heavy atom. The molecule has 0 spiro atoms. The summed E-state index contributed by atoms with van der Waals surface area (Å²) in [6.45, 7) is 3.18. The highest BCUT2D eigenvalue weighted by Crippen LogP contribution is 2.20. The van der Waals surface area contributed by atoms with Gasteiger partial charge in [0, 0.05) is 19.0 Å². The highest BCUT2D eigenvalue weighted by molar-refractivity contribution is 7.11. The average molecular weight is 267 g/mol. The lowest BCUT2D eigenvalue weighted by Gasteiger charge is -1.98. The zero-order chi connectivity index (χ0) is 12.6. The topological polar surface area (TPSA) is 37.8 Å². The molecule has 1 N–H and O–H groups in total. The van der Waals surface area contributed by atoms with Crippen molar-refractivity contribution in [3.63, 3.8) is 0 Å². The van der Waals surface area contributed by atoms with Gasteiger partial charge in [0.25, 0.3) is 0 Å². The van der Waals surface area contributed by atoms with Crippen molar-refractivity contribution in [1.29, 1.82) is 0 Å². The normalized spacial score (nSPS) is 15.2. The number of rotatable bonds is 10. The molecule has 1 aromatic heterocycles. The molecule has 1 fully saturated rings. The molecular formula is C14H25N3S. The lowest BCUT2D eigenvalue weighted by Crippen LogP contribution is -2.14. The first-order valence-corrected chi connectivity index (χ1v) is 8.24. The van der Waals surface area contributed by atoms with Gasteiger partial charge in [-0.15, -0.1) is 21.5 Å². The first-order valence-electron chi connectivity index (χ1n) is 7.43. The minimum absolute atomic E-state index is 0.760. The molecule has 3 nitrogen and oxygen atoms in total. The van der Waals surface area contributed by atoms with Gasteiger partial charge in [-0.1, -0.05) is 39.0 Å². The smallest absolute Gasteiger partial charge is 0.131 e. The second-order valence-electron chi connectivity index (χ2n) is 5.26. The Morgan fingerprint density at radius 3 is 2.56 bits per heavy atom. The summed E-state index contributed by atoms with van der Waals surface area (Å²) < 4.78 is 0. The number of nitrogens with zero attached hydrogens (tertiary/aromatic N) is 2. The first kappa shape index (κ1) is 13.9. The highest BCUT2D eigenvalue weighted by Gasteiger charge is 2.20. The van der Waals surface area contributed by atoms with Crippen molar-refractivity contribution in [3.05, 3.63) is 10.0 Å². The minimum atomic E-state index is 0.760. The zero-order valence-electron chi connectivity index (χ0n) is 11.5. The minimum Gasteiger partial charge on any atom is -0.308 e. The summed E-state index contributed by atoms with van der Waals surface area (Å²) in [5, 5.41) is 14.4. The Hall–Kier alpha value is -0.480. The van der Waals surface area contributed by atoms with Crippen molar-refractivity contribution < 1.29 is 0 Å². The highest BCUT2D eigenvalue weighted by atomic mass is 32.1. The molecule has 1 aliphatic carbocycles. The van der Waals surface area contributed by atoms with Gasteiger partial charge in [-0.3, -0.25) is 0 Å². The van der Waals surface area contributed by atoms with Crippen LogP contribution < -0.4 is 5.32 Å². The summed E-state index contributed by atoms with van der Waals surface area (Å²) in [5.41, 5.74) is 0. The van der Waals surface area contributed by atoms with Gasteiger partial charge < -0.3 is 5.32 Å². The number of hydrogen-bond acceptors (Lipinski definition) is 4. The van der Waals surface area contributed by atoms with Gasteiger partial charge in [0.15, 0.2) is 0 Å². The lowest BCUT2D eigenvalue weighted by molar-refractivity contribution is 0.605. The van der Waals surface area contributed by atoms with Crippen LogP contribution in [0.1, 0.15) is 68.3 Å². The van der Waals surface area contributed by atoms with E-state index < -0.39 is 0 Å². The van der Waals surface area contributed by atoms with Crippen LogP contribution in [0, 0.1) is 0 Å². The van der Waals surface area contributed by atoms with Gasteiger partial charge in [0.1, 0.15) is 10.0 Å². The van der Waals surface area contributed by atoms with Crippen LogP contribution in [0.25, 0.3) is 0 Å². The van der Waals surface area contributed by atoms with Crippen LogP contribution in [0.5, 0.6) is 0 Å². The molecule has 0 aliphatic heterocycles. The molecule has 1 saturated carbocycles. The molecule has 1 heterocycles. The predicted octanol–water partition coefficient (Wildman–Crippen LogP) is 3.69. The molecule has 0 saturated heterocycles. The zero-order valence-corrected chi connectivity index (χ0v) is 12.3. The maximum absolute atomic E-state index is 4.28. The summed E-state index contributed by atoms with van der Waals surface area (Å²) in [6, 6.07) is 0.760. The fraction of sp³-hybridized carbons (Fsp3) is 0.857. The number of aromatic nitrogens is 2. The molecule has 102 valence electrons. The molecule has 1 aliphatic rings. The van der Waals surface area contributed by atoms with Gasteiger partial charge >= 0.3 is 0 Å². The summed E-state index contributed by atoms with van der Waals surface area (Å²) in [7, 11) is 0. The molecule has 18 heavy (non-hydrogen) atoms. The van der Waals surface area contributed by atoms with Crippen LogP contribution in [0.15, 0.2) is 0 Å². The molecule has 0 amide bonds. The summed E-state index contributed by atoms with van der Waals surface area (Å²) >= 11 is 1.79. The fourth-order valence-electron chi connectivity index (χ4n) is 2.04. The van der Waals surface area contributed by atoms with Gasteiger partial charge in [0.05, 0.1) is 0 Å². The third-order valence-corrected chi connectivity index (χ3v) is 4.36. The fourth-order valence-corrected chi connectivity index (χ4v) is 2.87. The monoisotopic (exact) mass is 267 g/mol. The van der Waals surface area contributed by atoms with Crippen molar-refractivity contribution >= 4 is 11.3 Å². The summed E-state index contributed by atoms with van der Waals surface area (Å²) in [6.07, 6.45) is 11.9. The van der Waals surface area contributed by atoms with Gasteiger partial charge in [-0.2, -0.15) is 0 Å². The van der Waals surface area contributed by atoms with E-state index in [1.807, 2.05) is 0 Å². The molecule has 0 aromatic carbocycles. The van der Waals surface area contributed by atoms with Crippen molar-refractivity contribution in [1.82, 2.24) is 15.5 Å². The SMILES string of the molecule is CCCCCCCCc1nnc(CNC2CC2)s1. The van der Waals surface area contributed by atoms with E-state index in [0.29, 0.717) is 0 Å². The molecule has 1 aromatic rings. The quantitative estimate of drug-likeness (QED) is 0.657. The van der Waals surface area contributed by atoms with Crippen molar-refractivity contribution in [3.8, 4) is 0 Å². The van der Waals surface area contributed by atoms with Gasteiger partial charge in [0.2, 0.25) is 0 Å². The van der Waals surface area contributed by atoms with Gasteiger partial charge in [-0.25, -0.2) is 0 Å². The maximum atomic E-state index is 4.28. The molecule has 0 radical (unpaired) electrons. The largest absolute Gasteiger partial charge is 0.308 e. The maximum Gasteiger partial charge on any atom is 0.131 e. The third-order valence-electron chi connectivity index (χ3n) is 3.37. The van der Waals surface area contributed by atoms with Crippen molar-refractivity contribution in [2.75, 3.05) is 0 Å². The number of nitrogens with one attached hydrogen (secondary N) is 1. The van der Waals surface area contributed by atoms with Crippen molar-refractivity contribution in [2.24, 2.45) is 0 Å². The van der Waals surface area contributed by atoms with Crippen LogP contribution >= 0.6 is 11.3 Å². The molecule has 0 bridgehead atoms. The number of hydrogen-bond donors (Lipinski definition) is 1. The molecular weight excluding hydrogens is 242 g/mol. The standard InChI is InChI=1S/C14H25N3S/c1-2-3-4-5-6-7-8-13-16-17-14(18-13)11-15-12-9-10-12/h12,15H,2-11H2,1H3. The first-order chi connectivity index (χ1) is 8.88. The summed E-state index contributed by atoms with van der Waals surface area (Å²) in [5.74, 6) is 0.